The van der Waals surface area contributed by atoms with Gasteiger partial charge in [0.05, 0.1) is 22.7 Å². The monoisotopic (exact) mass is 520 g/mol. The molecule has 4 aromatic carbocycles. The molecule has 1 aliphatic heterocycles. The molecule has 176 valence electrons. The van der Waals surface area contributed by atoms with E-state index in [9.17, 15) is 4.79 Å². The number of hydrogen-bond donors (Lipinski definition) is 0. The molecule has 0 radical (unpaired) electrons. The zero-order valence-corrected chi connectivity index (χ0v) is 21.2. The van der Waals surface area contributed by atoms with Crippen LogP contribution in [0.2, 0.25) is 15.1 Å². The Kier molecular flexibility index (Phi) is 5.88. The van der Waals surface area contributed by atoms with E-state index in [2.05, 4.69) is 41.3 Å². The number of piperazine rings is 1. The fourth-order valence-electron chi connectivity index (χ4n) is 5.64. The van der Waals surface area contributed by atoms with Crippen molar-refractivity contribution in [3.8, 4) is 0 Å². The molecule has 1 heterocycles. The van der Waals surface area contributed by atoms with Gasteiger partial charge in [-0.25, -0.2) is 0 Å². The third-order valence-corrected chi connectivity index (χ3v) is 8.08. The fraction of sp³-hybridized carbons (Fsp3) is 0.207. The standard InChI is InChI=1S/C29H23Cl3N2O/c30-21-9-7-18(8-10-21)27-17-33(13-14-34(27)26-12-11-22(31)16-25(26)32)29(35)24-15-20-5-1-3-19-4-2-6-23(24)28(19)20/h1-12,16,24,27H,13-15,17H2. The van der Waals surface area contributed by atoms with Gasteiger partial charge < -0.3 is 9.80 Å². The third-order valence-electron chi connectivity index (χ3n) is 7.29. The summed E-state index contributed by atoms with van der Waals surface area (Å²) in [7, 11) is 0. The van der Waals surface area contributed by atoms with Gasteiger partial charge in [0.1, 0.15) is 0 Å². The first-order chi connectivity index (χ1) is 17.0. The lowest BCUT2D eigenvalue weighted by Crippen LogP contribution is -2.51. The predicted octanol–water partition coefficient (Wildman–Crippen LogP) is 7.53. The van der Waals surface area contributed by atoms with Gasteiger partial charge in [0.15, 0.2) is 0 Å². The number of halogens is 3. The molecule has 1 fully saturated rings. The number of carbonyl (C=O) groups excluding carboxylic acids is 1. The number of rotatable bonds is 3. The van der Waals surface area contributed by atoms with Crippen LogP contribution in [0.25, 0.3) is 10.8 Å². The summed E-state index contributed by atoms with van der Waals surface area (Å²) in [6.45, 7) is 1.87. The molecule has 3 nitrogen and oxygen atoms in total. The molecule has 0 aromatic heterocycles. The summed E-state index contributed by atoms with van der Waals surface area (Å²) in [5, 5.41) is 4.34. The minimum atomic E-state index is -0.146. The van der Waals surface area contributed by atoms with Crippen molar-refractivity contribution in [3.63, 3.8) is 0 Å². The van der Waals surface area contributed by atoms with Gasteiger partial charge in [-0.15, -0.1) is 0 Å². The Bertz CT molecular complexity index is 1430. The first kappa shape index (κ1) is 22.7. The van der Waals surface area contributed by atoms with Crippen molar-refractivity contribution in [3.05, 3.63) is 111 Å². The Balaban J connectivity index is 1.33. The molecule has 0 spiro atoms. The quantitative estimate of drug-likeness (QED) is 0.278. The topological polar surface area (TPSA) is 23.6 Å². The first-order valence-corrected chi connectivity index (χ1v) is 12.9. The second kappa shape index (κ2) is 9.05. The van der Waals surface area contributed by atoms with Crippen LogP contribution in [0, 0.1) is 0 Å². The third kappa shape index (κ3) is 4.06. The zero-order chi connectivity index (χ0) is 24.1. The lowest BCUT2D eigenvalue weighted by atomic mass is 9.96. The molecular formula is C29H23Cl3N2O. The van der Waals surface area contributed by atoms with Crippen LogP contribution in [0.15, 0.2) is 78.9 Å². The van der Waals surface area contributed by atoms with Gasteiger partial charge >= 0.3 is 0 Å². The Labute approximate surface area is 219 Å². The van der Waals surface area contributed by atoms with Gasteiger partial charge in [0, 0.05) is 29.7 Å². The van der Waals surface area contributed by atoms with Crippen LogP contribution >= 0.6 is 34.8 Å². The van der Waals surface area contributed by atoms with E-state index in [-0.39, 0.29) is 17.9 Å². The smallest absolute Gasteiger partial charge is 0.230 e. The van der Waals surface area contributed by atoms with E-state index in [1.165, 1.54) is 16.3 Å². The van der Waals surface area contributed by atoms with E-state index in [4.69, 9.17) is 34.8 Å². The van der Waals surface area contributed by atoms with Crippen LogP contribution in [-0.2, 0) is 11.2 Å². The average Bonchev–Trinajstić information content (AvgIpc) is 3.25. The number of amides is 1. The van der Waals surface area contributed by atoms with Crippen LogP contribution < -0.4 is 4.90 Å². The fourth-order valence-corrected chi connectivity index (χ4v) is 6.28. The Hall–Kier alpha value is -2.72. The highest BCUT2D eigenvalue weighted by molar-refractivity contribution is 6.36. The van der Waals surface area contributed by atoms with Crippen molar-refractivity contribution in [1.82, 2.24) is 4.90 Å². The van der Waals surface area contributed by atoms with Crippen molar-refractivity contribution < 1.29 is 4.79 Å². The van der Waals surface area contributed by atoms with Gasteiger partial charge in [-0.05, 0) is 64.2 Å². The van der Waals surface area contributed by atoms with E-state index >= 15 is 0 Å². The van der Waals surface area contributed by atoms with Crippen LogP contribution in [-0.4, -0.2) is 30.4 Å². The number of benzene rings is 4. The number of hydrogen-bond acceptors (Lipinski definition) is 2. The Morgan fingerprint density at radius 3 is 2.34 bits per heavy atom. The van der Waals surface area contributed by atoms with Crippen LogP contribution in [0.1, 0.15) is 28.7 Å². The maximum atomic E-state index is 13.9. The highest BCUT2D eigenvalue weighted by atomic mass is 35.5. The molecule has 2 atom stereocenters. The number of nitrogens with zero attached hydrogens (tertiary/aromatic N) is 2. The summed E-state index contributed by atoms with van der Waals surface area (Å²) in [6.07, 6.45) is 0.754. The molecule has 1 amide bonds. The van der Waals surface area contributed by atoms with E-state index in [0.29, 0.717) is 34.7 Å². The molecule has 0 bridgehead atoms. The van der Waals surface area contributed by atoms with Gasteiger partial charge in [0.25, 0.3) is 0 Å². The van der Waals surface area contributed by atoms with E-state index in [0.717, 1.165) is 23.2 Å². The summed E-state index contributed by atoms with van der Waals surface area (Å²) < 4.78 is 0. The van der Waals surface area contributed by atoms with Gasteiger partial charge in [-0.2, -0.15) is 0 Å². The molecule has 6 rings (SSSR count). The second-order valence-electron chi connectivity index (χ2n) is 9.26. The normalized spacial score (nSPS) is 19.4. The zero-order valence-electron chi connectivity index (χ0n) is 18.9. The molecule has 0 saturated carbocycles. The highest BCUT2D eigenvalue weighted by Gasteiger charge is 2.37. The molecule has 1 saturated heterocycles. The maximum absolute atomic E-state index is 13.9. The Morgan fingerprint density at radius 1 is 0.829 bits per heavy atom. The molecule has 6 heteroatoms. The van der Waals surface area contributed by atoms with Crippen LogP contribution in [0.4, 0.5) is 5.69 Å². The largest absolute Gasteiger partial charge is 0.360 e. The maximum Gasteiger partial charge on any atom is 0.230 e. The van der Waals surface area contributed by atoms with E-state index in [1.807, 2.05) is 41.3 Å². The second-order valence-corrected chi connectivity index (χ2v) is 10.5. The molecule has 35 heavy (non-hydrogen) atoms. The van der Waals surface area contributed by atoms with E-state index < -0.39 is 0 Å². The summed E-state index contributed by atoms with van der Waals surface area (Å²) in [5.41, 5.74) is 4.42. The lowest BCUT2D eigenvalue weighted by molar-refractivity contribution is -0.133. The molecular weight excluding hydrogens is 499 g/mol. The molecule has 0 N–H and O–H groups in total. The Morgan fingerprint density at radius 2 is 1.57 bits per heavy atom. The highest BCUT2D eigenvalue weighted by Crippen LogP contribution is 2.41. The minimum Gasteiger partial charge on any atom is -0.360 e. The van der Waals surface area contributed by atoms with Crippen molar-refractivity contribution in [2.45, 2.75) is 18.4 Å². The van der Waals surface area contributed by atoms with Crippen LogP contribution in [0.5, 0.6) is 0 Å². The lowest BCUT2D eigenvalue weighted by Gasteiger charge is -2.44. The van der Waals surface area contributed by atoms with E-state index in [1.54, 1.807) is 6.07 Å². The summed E-state index contributed by atoms with van der Waals surface area (Å²) in [5.74, 6) is 0.0437. The molecule has 2 unspecified atom stereocenters. The van der Waals surface area contributed by atoms with Crippen molar-refractivity contribution in [2.75, 3.05) is 24.5 Å². The van der Waals surface area contributed by atoms with Gasteiger partial charge in [0.2, 0.25) is 5.91 Å². The summed E-state index contributed by atoms with van der Waals surface area (Å²) in [4.78, 5) is 18.2. The number of anilines is 1. The first-order valence-electron chi connectivity index (χ1n) is 11.8. The predicted molar refractivity (Wildman–Crippen MR) is 145 cm³/mol. The van der Waals surface area contributed by atoms with Gasteiger partial charge in [-0.1, -0.05) is 83.3 Å². The summed E-state index contributed by atoms with van der Waals surface area (Å²) in [6, 6.07) is 26.0. The van der Waals surface area contributed by atoms with Gasteiger partial charge in [-0.3, -0.25) is 4.79 Å². The molecule has 2 aliphatic rings. The van der Waals surface area contributed by atoms with Crippen molar-refractivity contribution >= 4 is 57.2 Å². The minimum absolute atomic E-state index is 0.0526. The van der Waals surface area contributed by atoms with Crippen molar-refractivity contribution in [2.24, 2.45) is 0 Å². The van der Waals surface area contributed by atoms with Crippen LogP contribution in [0.3, 0.4) is 0 Å². The average molecular weight is 522 g/mol. The summed E-state index contributed by atoms with van der Waals surface area (Å²) >= 11 is 19.0. The SMILES string of the molecule is O=C(C1Cc2cccc3cccc1c23)N1CCN(c2ccc(Cl)cc2Cl)C(c2ccc(Cl)cc2)C1. The molecule has 1 aliphatic carbocycles. The van der Waals surface area contributed by atoms with Crippen molar-refractivity contribution in [1.29, 1.82) is 0 Å². The molecule has 4 aromatic rings. The number of carbonyl (C=O) groups is 1.